The summed E-state index contributed by atoms with van der Waals surface area (Å²) in [6, 6.07) is 10.4. The van der Waals surface area contributed by atoms with Crippen LogP contribution in [-0.4, -0.2) is 62.5 Å². The maximum Gasteiger partial charge on any atom is 0.188 e. The molecule has 2 aliphatic rings. The predicted octanol–water partition coefficient (Wildman–Crippen LogP) is 2.74. The van der Waals surface area contributed by atoms with E-state index in [9.17, 15) is 0 Å². The molecule has 0 radical (unpaired) electrons. The van der Waals surface area contributed by atoms with Crippen LogP contribution in [0.4, 0.5) is 5.82 Å². The van der Waals surface area contributed by atoms with Gasteiger partial charge < -0.3 is 24.4 Å². The van der Waals surface area contributed by atoms with Gasteiger partial charge in [-0.3, -0.25) is 0 Å². The Kier molecular flexibility index (Phi) is 6.26. The quantitative estimate of drug-likeness (QED) is 0.711. The van der Waals surface area contributed by atoms with Crippen molar-refractivity contribution in [2.75, 3.05) is 45.1 Å². The number of halogens is 1. The minimum absolute atomic E-state index is 0.146. The Labute approximate surface area is 169 Å². The number of ether oxygens (including phenoxy) is 3. The lowest BCUT2D eigenvalue weighted by Gasteiger charge is -2.19. The molecule has 2 fully saturated rings. The SMILES string of the molecule is COCOc1cc(Cl)ccc1-c1ccc(N2CC[C@H](NC3CCOC3)C2)nn1. The fourth-order valence-electron chi connectivity index (χ4n) is 3.69. The van der Waals surface area contributed by atoms with E-state index in [1.165, 1.54) is 0 Å². The molecule has 2 atom stereocenters. The van der Waals surface area contributed by atoms with Crippen LogP contribution in [0.1, 0.15) is 12.8 Å². The number of aromatic nitrogens is 2. The molecule has 0 amide bonds. The average molecular weight is 405 g/mol. The molecule has 1 aromatic heterocycles. The molecule has 0 spiro atoms. The Morgan fingerprint density at radius 1 is 1.21 bits per heavy atom. The summed E-state index contributed by atoms with van der Waals surface area (Å²) in [5.74, 6) is 1.52. The Balaban J connectivity index is 1.43. The fraction of sp³-hybridized carbons (Fsp3) is 0.500. The maximum atomic E-state index is 6.09. The summed E-state index contributed by atoms with van der Waals surface area (Å²) >= 11 is 6.09. The Morgan fingerprint density at radius 3 is 2.89 bits per heavy atom. The monoisotopic (exact) mass is 404 g/mol. The van der Waals surface area contributed by atoms with Crippen LogP contribution in [0, 0.1) is 0 Å². The molecule has 2 aromatic rings. The van der Waals surface area contributed by atoms with Gasteiger partial charge >= 0.3 is 0 Å². The number of benzene rings is 1. The van der Waals surface area contributed by atoms with Gasteiger partial charge in [0.2, 0.25) is 0 Å². The highest BCUT2D eigenvalue weighted by atomic mass is 35.5. The lowest BCUT2D eigenvalue weighted by atomic mass is 10.1. The normalized spacial score (nSPS) is 22.0. The van der Waals surface area contributed by atoms with Gasteiger partial charge in [0.15, 0.2) is 12.6 Å². The zero-order valence-corrected chi connectivity index (χ0v) is 16.7. The molecule has 8 heteroatoms. The van der Waals surface area contributed by atoms with E-state index >= 15 is 0 Å². The molecule has 1 unspecified atom stereocenters. The Bertz CT molecular complexity index is 784. The van der Waals surface area contributed by atoms with Gasteiger partial charge in [-0.1, -0.05) is 11.6 Å². The standard InChI is InChI=1S/C20H25ClN4O3/c1-26-13-28-19-10-14(21)2-3-17(19)18-4-5-20(24-23-18)25-8-6-15(11-25)22-16-7-9-27-12-16/h2-5,10,15-16,22H,6-9,11-13H2,1H3/t15-,16?/m0/s1. The summed E-state index contributed by atoms with van der Waals surface area (Å²) in [5.41, 5.74) is 1.58. The molecule has 1 aromatic carbocycles. The summed E-state index contributed by atoms with van der Waals surface area (Å²) in [7, 11) is 1.58. The first-order valence-electron chi connectivity index (χ1n) is 9.57. The van der Waals surface area contributed by atoms with Crippen molar-refractivity contribution in [3.8, 4) is 17.0 Å². The summed E-state index contributed by atoms with van der Waals surface area (Å²) < 4.78 is 16.1. The van der Waals surface area contributed by atoms with Crippen molar-refractivity contribution in [3.63, 3.8) is 0 Å². The number of nitrogens with zero attached hydrogens (tertiary/aromatic N) is 3. The largest absolute Gasteiger partial charge is 0.467 e. The summed E-state index contributed by atoms with van der Waals surface area (Å²) in [4.78, 5) is 2.27. The van der Waals surface area contributed by atoms with Gasteiger partial charge in [0.05, 0.1) is 12.3 Å². The number of hydrogen-bond donors (Lipinski definition) is 1. The third-order valence-electron chi connectivity index (χ3n) is 5.12. The van der Waals surface area contributed by atoms with Crippen LogP contribution < -0.4 is 15.0 Å². The van der Waals surface area contributed by atoms with Gasteiger partial charge in [0, 0.05) is 49.5 Å². The van der Waals surface area contributed by atoms with E-state index in [0.29, 0.717) is 22.9 Å². The van der Waals surface area contributed by atoms with E-state index < -0.39 is 0 Å². The van der Waals surface area contributed by atoms with Crippen molar-refractivity contribution in [1.29, 1.82) is 0 Å². The van der Waals surface area contributed by atoms with E-state index in [4.69, 9.17) is 25.8 Å². The fourth-order valence-corrected chi connectivity index (χ4v) is 3.85. The first-order chi connectivity index (χ1) is 13.7. The topological polar surface area (TPSA) is 68.7 Å². The molecule has 3 heterocycles. The summed E-state index contributed by atoms with van der Waals surface area (Å²) in [6.45, 7) is 3.74. The lowest BCUT2D eigenvalue weighted by Crippen LogP contribution is -2.40. The first-order valence-corrected chi connectivity index (χ1v) is 9.95. The highest BCUT2D eigenvalue weighted by Gasteiger charge is 2.27. The van der Waals surface area contributed by atoms with Gasteiger partial charge in [-0.2, -0.15) is 0 Å². The average Bonchev–Trinajstić information content (AvgIpc) is 3.39. The number of anilines is 1. The van der Waals surface area contributed by atoms with E-state index in [-0.39, 0.29) is 6.79 Å². The molecular weight excluding hydrogens is 380 g/mol. The zero-order valence-electron chi connectivity index (χ0n) is 15.9. The van der Waals surface area contributed by atoms with E-state index in [1.807, 2.05) is 24.3 Å². The molecule has 150 valence electrons. The zero-order chi connectivity index (χ0) is 19.3. The van der Waals surface area contributed by atoms with E-state index in [0.717, 1.165) is 56.2 Å². The van der Waals surface area contributed by atoms with Crippen molar-refractivity contribution in [1.82, 2.24) is 15.5 Å². The van der Waals surface area contributed by atoms with Gasteiger partial charge in [0.25, 0.3) is 0 Å². The van der Waals surface area contributed by atoms with Crippen LogP contribution in [0.5, 0.6) is 5.75 Å². The van der Waals surface area contributed by atoms with Gasteiger partial charge in [-0.25, -0.2) is 0 Å². The molecule has 28 heavy (non-hydrogen) atoms. The minimum Gasteiger partial charge on any atom is -0.467 e. The molecule has 0 bridgehead atoms. The Hall–Kier alpha value is -1.93. The second kappa shape index (κ2) is 9.05. The summed E-state index contributed by atoms with van der Waals surface area (Å²) in [5, 5.41) is 13.2. The highest BCUT2D eigenvalue weighted by Crippen LogP contribution is 2.32. The van der Waals surface area contributed by atoms with E-state index in [1.54, 1.807) is 13.2 Å². The molecule has 7 nitrogen and oxygen atoms in total. The van der Waals surface area contributed by atoms with Crippen LogP contribution in [0.3, 0.4) is 0 Å². The number of methoxy groups -OCH3 is 1. The molecule has 4 rings (SSSR count). The second-order valence-electron chi connectivity index (χ2n) is 7.13. The summed E-state index contributed by atoms with van der Waals surface area (Å²) in [6.07, 6.45) is 2.20. The molecule has 0 aliphatic carbocycles. The number of hydrogen-bond acceptors (Lipinski definition) is 7. The van der Waals surface area contributed by atoms with Crippen LogP contribution in [-0.2, 0) is 9.47 Å². The predicted molar refractivity (Wildman–Crippen MR) is 108 cm³/mol. The highest BCUT2D eigenvalue weighted by molar-refractivity contribution is 6.30. The van der Waals surface area contributed by atoms with Crippen molar-refractivity contribution in [2.24, 2.45) is 0 Å². The van der Waals surface area contributed by atoms with Crippen LogP contribution in [0.15, 0.2) is 30.3 Å². The minimum atomic E-state index is 0.146. The Morgan fingerprint density at radius 2 is 2.14 bits per heavy atom. The van der Waals surface area contributed by atoms with Crippen molar-refractivity contribution in [3.05, 3.63) is 35.4 Å². The number of nitrogens with one attached hydrogen (secondary N) is 1. The first kappa shape index (κ1) is 19.4. The molecule has 0 saturated carbocycles. The van der Waals surface area contributed by atoms with Crippen molar-refractivity contribution < 1.29 is 14.2 Å². The molecule has 2 aliphatic heterocycles. The van der Waals surface area contributed by atoms with Crippen molar-refractivity contribution in [2.45, 2.75) is 24.9 Å². The molecule has 2 saturated heterocycles. The van der Waals surface area contributed by atoms with Crippen molar-refractivity contribution >= 4 is 17.4 Å². The molecule has 1 N–H and O–H groups in total. The second-order valence-corrected chi connectivity index (χ2v) is 7.56. The van der Waals surface area contributed by atoms with Crippen LogP contribution in [0.2, 0.25) is 5.02 Å². The van der Waals surface area contributed by atoms with Crippen LogP contribution in [0.25, 0.3) is 11.3 Å². The van der Waals surface area contributed by atoms with Gasteiger partial charge in [-0.15, -0.1) is 10.2 Å². The third-order valence-corrected chi connectivity index (χ3v) is 5.35. The van der Waals surface area contributed by atoms with Crippen LogP contribution >= 0.6 is 11.6 Å². The smallest absolute Gasteiger partial charge is 0.188 e. The third kappa shape index (κ3) is 4.55. The van der Waals surface area contributed by atoms with Gasteiger partial charge in [-0.05, 0) is 43.2 Å². The lowest BCUT2D eigenvalue weighted by molar-refractivity contribution is 0.0515. The number of rotatable bonds is 7. The van der Waals surface area contributed by atoms with E-state index in [2.05, 4.69) is 20.4 Å². The maximum absolute atomic E-state index is 6.09. The van der Waals surface area contributed by atoms with Gasteiger partial charge in [0.1, 0.15) is 5.75 Å². The molecular formula is C20H25ClN4O3.